The highest BCUT2D eigenvalue weighted by atomic mass is 16.5. The SMILES string of the molecule is Cc1ccccc1OCC(O)CN1CCC(N(C)C)CC1. The van der Waals surface area contributed by atoms with Gasteiger partial charge in [0.05, 0.1) is 0 Å². The molecule has 1 aromatic carbocycles. The van der Waals surface area contributed by atoms with Gasteiger partial charge in [0.2, 0.25) is 0 Å². The van der Waals surface area contributed by atoms with Gasteiger partial charge in [0.25, 0.3) is 0 Å². The summed E-state index contributed by atoms with van der Waals surface area (Å²) in [6, 6.07) is 8.61. The summed E-state index contributed by atoms with van der Waals surface area (Å²) in [7, 11) is 4.29. The molecule has 1 aliphatic rings. The number of para-hydroxylation sites is 1. The second-order valence-electron chi connectivity index (χ2n) is 6.23. The molecule has 1 aromatic rings. The fourth-order valence-electron chi connectivity index (χ4n) is 2.87. The first-order valence-electron chi connectivity index (χ1n) is 7.81. The molecule has 1 fully saturated rings. The van der Waals surface area contributed by atoms with Crippen LogP contribution in [0.5, 0.6) is 5.75 Å². The molecule has 21 heavy (non-hydrogen) atoms. The maximum atomic E-state index is 10.2. The Morgan fingerprint density at radius 1 is 1.29 bits per heavy atom. The number of aliphatic hydroxyl groups is 1. The summed E-state index contributed by atoms with van der Waals surface area (Å²) < 4.78 is 5.71. The monoisotopic (exact) mass is 292 g/mol. The van der Waals surface area contributed by atoms with Gasteiger partial charge in [-0.25, -0.2) is 0 Å². The van der Waals surface area contributed by atoms with Crippen molar-refractivity contribution in [1.82, 2.24) is 9.80 Å². The Hall–Kier alpha value is -1.10. The van der Waals surface area contributed by atoms with Crippen LogP contribution in [0.4, 0.5) is 0 Å². The van der Waals surface area contributed by atoms with E-state index in [2.05, 4.69) is 23.9 Å². The van der Waals surface area contributed by atoms with Crippen LogP contribution in [-0.2, 0) is 0 Å². The molecule has 1 heterocycles. The summed E-state index contributed by atoms with van der Waals surface area (Å²) >= 11 is 0. The average molecular weight is 292 g/mol. The second kappa shape index (κ2) is 7.78. The van der Waals surface area contributed by atoms with E-state index in [0.717, 1.165) is 24.4 Å². The molecule has 1 atom stereocenters. The van der Waals surface area contributed by atoms with E-state index in [0.29, 0.717) is 19.2 Å². The topological polar surface area (TPSA) is 35.9 Å². The molecule has 4 heteroatoms. The quantitative estimate of drug-likeness (QED) is 0.867. The lowest BCUT2D eigenvalue weighted by Crippen LogP contribution is -2.45. The van der Waals surface area contributed by atoms with Crippen molar-refractivity contribution in [2.45, 2.75) is 31.9 Å². The number of ether oxygens (including phenoxy) is 1. The molecule has 1 N–H and O–H groups in total. The van der Waals surface area contributed by atoms with Gasteiger partial charge in [0, 0.05) is 12.6 Å². The van der Waals surface area contributed by atoms with Crippen molar-refractivity contribution >= 4 is 0 Å². The third kappa shape index (κ3) is 4.99. The van der Waals surface area contributed by atoms with Crippen LogP contribution in [0.1, 0.15) is 18.4 Å². The van der Waals surface area contributed by atoms with Gasteiger partial charge in [-0.1, -0.05) is 18.2 Å². The van der Waals surface area contributed by atoms with Crippen LogP contribution in [0.15, 0.2) is 24.3 Å². The largest absolute Gasteiger partial charge is 0.491 e. The molecular formula is C17H28N2O2. The first-order chi connectivity index (χ1) is 10.1. The van der Waals surface area contributed by atoms with E-state index in [4.69, 9.17) is 4.74 Å². The van der Waals surface area contributed by atoms with E-state index in [1.54, 1.807) is 0 Å². The summed E-state index contributed by atoms with van der Waals surface area (Å²) in [4.78, 5) is 4.64. The van der Waals surface area contributed by atoms with Gasteiger partial charge < -0.3 is 19.6 Å². The van der Waals surface area contributed by atoms with E-state index < -0.39 is 6.10 Å². The number of hydrogen-bond donors (Lipinski definition) is 1. The molecule has 4 nitrogen and oxygen atoms in total. The van der Waals surface area contributed by atoms with Crippen molar-refractivity contribution in [2.24, 2.45) is 0 Å². The molecule has 0 spiro atoms. The molecule has 1 unspecified atom stereocenters. The first kappa shape index (κ1) is 16.3. The molecule has 118 valence electrons. The van der Waals surface area contributed by atoms with Gasteiger partial charge in [-0.3, -0.25) is 0 Å². The summed E-state index contributed by atoms with van der Waals surface area (Å²) in [6.45, 7) is 5.20. The maximum absolute atomic E-state index is 10.2. The number of aryl methyl sites for hydroxylation is 1. The lowest BCUT2D eigenvalue weighted by molar-refractivity contribution is 0.0504. The summed E-state index contributed by atoms with van der Waals surface area (Å²) in [5, 5.41) is 10.2. The summed E-state index contributed by atoms with van der Waals surface area (Å²) in [5.74, 6) is 0.864. The van der Waals surface area contributed by atoms with Gasteiger partial charge in [0.1, 0.15) is 18.5 Å². The Labute approximate surface area is 128 Å². The zero-order chi connectivity index (χ0) is 15.2. The van der Waals surface area contributed by atoms with Crippen LogP contribution in [0.25, 0.3) is 0 Å². The Kier molecular flexibility index (Phi) is 6.03. The van der Waals surface area contributed by atoms with Crippen LogP contribution >= 0.6 is 0 Å². The van der Waals surface area contributed by atoms with E-state index in [1.807, 2.05) is 31.2 Å². The molecule has 1 aliphatic heterocycles. The minimum Gasteiger partial charge on any atom is -0.491 e. The van der Waals surface area contributed by atoms with Gasteiger partial charge in [0.15, 0.2) is 0 Å². The van der Waals surface area contributed by atoms with Crippen LogP contribution in [0.3, 0.4) is 0 Å². The fourth-order valence-corrected chi connectivity index (χ4v) is 2.87. The summed E-state index contributed by atoms with van der Waals surface area (Å²) in [6.07, 6.45) is 1.93. The van der Waals surface area contributed by atoms with E-state index in [1.165, 1.54) is 12.8 Å². The second-order valence-corrected chi connectivity index (χ2v) is 6.23. The number of aliphatic hydroxyl groups excluding tert-OH is 1. The highest BCUT2D eigenvalue weighted by Gasteiger charge is 2.22. The number of nitrogens with zero attached hydrogens (tertiary/aromatic N) is 2. The van der Waals surface area contributed by atoms with Gasteiger partial charge in [-0.2, -0.15) is 0 Å². The van der Waals surface area contributed by atoms with Crippen LogP contribution in [-0.4, -0.2) is 67.4 Å². The minimum atomic E-state index is -0.430. The Morgan fingerprint density at radius 2 is 1.95 bits per heavy atom. The third-order valence-electron chi connectivity index (χ3n) is 4.28. The van der Waals surface area contributed by atoms with Crippen molar-refractivity contribution in [1.29, 1.82) is 0 Å². The Morgan fingerprint density at radius 3 is 2.57 bits per heavy atom. The third-order valence-corrected chi connectivity index (χ3v) is 4.28. The van der Waals surface area contributed by atoms with Crippen molar-refractivity contribution in [3.8, 4) is 5.75 Å². The highest BCUT2D eigenvalue weighted by molar-refractivity contribution is 5.31. The molecule has 0 amide bonds. The molecular weight excluding hydrogens is 264 g/mol. The van der Waals surface area contributed by atoms with Gasteiger partial charge in [-0.15, -0.1) is 0 Å². The molecule has 0 bridgehead atoms. The molecule has 0 radical (unpaired) electrons. The Balaban J connectivity index is 1.71. The predicted molar refractivity (Wildman–Crippen MR) is 85.8 cm³/mol. The minimum absolute atomic E-state index is 0.360. The number of piperidine rings is 1. The molecule has 0 aromatic heterocycles. The van der Waals surface area contributed by atoms with Crippen molar-refractivity contribution in [3.05, 3.63) is 29.8 Å². The molecule has 1 saturated heterocycles. The smallest absolute Gasteiger partial charge is 0.122 e. The van der Waals surface area contributed by atoms with Crippen LogP contribution in [0, 0.1) is 6.92 Å². The van der Waals surface area contributed by atoms with Gasteiger partial charge >= 0.3 is 0 Å². The lowest BCUT2D eigenvalue weighted by Gasteiger charge is -2.35. The normalized spacial score (nSPS) is 18.9. The Bertz CT molecular complexity index is 429. The highest BCUT2D eigenvalue weighted by Crippen LogP contribution is 2.17. The summed E-state index contributed by atoms with van der Waals surface area (Å²) in [5.41, 5.74) is 1.11. The zero-order valence-electron chi connectivity index (χ0n) is 13.5. The standard InChI is InChI=1S/C17H28N2O2/c1-14-6-4-5-7-17(14)21-13-16(20)12-19-10-8-15(9-11-19)18(2)3/h4-7,15-16,20H,8-13H2,1-3H3. The zero-order valence-corrected chi connectivity index (χ0v) is 13.5. The molecule has 0 saturated carbocycles. The number of rotatable bonds is 6. The van der Waals surface area contributed by atoms with Crippen molar-refractivity contribution in [3.63, 3.8) is 0 Å². The lowest BCUT2D eigenvalue weighted by atomic mass is 10.0. The first-order valence-corrected chi connectivity index (χ1v) is 7.81. The number of hydrogen-bond acceptors (Lipinski definition) is 4. The van der Waals surface area contributed by atoms with Crippen LogP contribution < -0.4 is 4.74 Å². The number of likely N-dealkylation sites (tertiary alicyclic amines) is 1. The van der Waals surface area contributed by atoms with E-state index >= 15 is 0 Å². The predicted octanol–water partition coefficient (Wildman–Crippen LogP) is 1.76. The average Bonchev–Trinajstić information content (AvgIpc) is 2.47. The number of benzene rings is 1. The maximum Gasteiger partial charge on any atom is 0.122 e. The van der Waals surface area contributed by atoms with E-state index in [9.17, 15) is 5.11 Å². The van der Waals surface area contributed by atoms with Crippen LogP contribution in [0.2, 0.25) is 0 Å². The molecule has 0 aliphatic carbocycles. The molecule has 2 rings (SSSR count). The fraction of sp³-hybridized carbons (Fsp3) is 0.647. The van der Waals surface area contributed by atoms with Crippen molar-refractivity contribution in [2.75, 3.05) is 40.3 Å². The van der Waals surface area contributed by atoms with Crippen molar-refractivity contribution < 1.29 is 9.84 Å². The van der Waals surface area contributed by atoms with Gasteiger partial charge in [-0.05, 0) is 58.6 Å². The van der Waals surface area contributed by atoms with E-state index in [-0.39, 0.29) is 0 Å². The number of β-amino-alcohol motifs (C(OH)–C–C–N with tert-alkyl or cyclic N) is 1.